The van der Waals surface area contributed by atoms with Gasteiger partial charge in [-0.1, -0.05) is 24.3 Å². The number of carbonyl (C=O) groups excluding carboxylic acids is 2. The van der Waals surface area contributed by atoms with Crippen LogP contribution in [0.4, 0.5) is 16.2 Å². The molecule has 1 heterocycles. The Labute approximate surface area is 164 Å². The maximum Gasteiger partial charge on any atom is 0.323 e. The first-order valence-electron chi connectivity index (χ1n) is 9.40. The van der Waals surface area contributed by atoms with E-state index in [0.717, 1.165) is 23.2 Å². The fraction of sp³-hybridized carbons (Fsp3) is 0.333. The van der Waals surface area contributed by atoms with Crippen molar-refractivity contribution in [1.82, 2.24) is 5.32 Å². The number of hydrogen-bond donors (Lipinski definition) is 4. The van der Waals surface area contributed by atoms with Crippen molar-refractivity contribution < 1.29 is 14.3 Å². The van der Waals surface area contributed by atoms with Crippen molar-refractivity contribution in [3.05, 3.63) is 59.7 Å². The van der Waals surface area contributed by atoms with Gasteiger partial charge in [0, 0.05) is 24.5 Å². The van der Waals surface area contributed by atoms with Gasteiger partial charge in [0.05, 0.1) is 6.10 Å². The van der Waals surface area contributed by atoms with Crippen LogP contribution >= 0.6 is 0 Å². The summed E-state index contributed by atoms with van der Waals surface area (Å²) >= 11 is 0. The van der Waals surface area contributed by atoms with E-state index < -0.39 is 6.10 Å². The fourth-order valence-electron chi connectivity index (χ4n) is 3.15. The zero-order valence-corrected chi connectivity index (χ0v) is 15.9. The maximum absolute atomic E-state index is 12.2. The van der Waals surface area contributed by atoms with Crippen molar-refractivity contribution >= 4 is 23.3 Å². The van der Waals surface area contributed by atoms with Crippen molar-refractivity contribution in [2.75, 3.05) is 17.2 Å². The molecule has 7 heteroatoms. The molecule has 28 heavy (non-hydrogen) atoms. The normalized spacial score (nSPS) is 18.5. The third kappa shape index (κ3) is 5.55. The van der Waals surface area contributed by atoms with Crippen LogP contribution in [0.3, 0.4) is 0 Å². The van der Waals surface area contributed by atoms with Crippen LogP contribution in [0.2, 0.25) is 0 Å². The Bertz CT molecular complexity index is 840. The summed E-state index contributed by atoms with van der Waals surface area (Å²) < 4.78 is 5.60. The molecule has 0 saturated carbocycles. The topological polar surface area (TPSA) is 105 Å². The lowest BCUT2D eigenvalue weighted by Gasteiger charge is -2.13. The maximum atomic E-state index is 12.2. The lowest BCUT2D eigenvalue weighted by atomic mass is 10.1. The molecular formula is C21H26N4O3. The highest BCUT2D eigenvalue weighted by molar-refractivity contribution is 5.99. The standard InChI is InChI=1S/C21H26N4O3/c1-14-4-2-6-16(10-14)24-21(27)25-17-7-3-5-15(11-17)13-23-20(26)19-9-8-18(12-22)28-19/h2-7,10-11,18-19H,8-9,12-13,22H2,1H3,(H,23,26)(H2,24,25,27)/t18-,19+/m1/s1. The van der Waals surface area contributed by atoms with E-state index in [-0.39, 0.29) is 18.0 Å². The summed E-state index contributed by atoms with van der Waals surface area (Å²) in [7, 11) is 0. The summed E-state index contributed by atoms with van der Waals surface area (Å²) in [5, 5.41) is 8.49. The number of amides is 3. The number of rotatable bonds is 6. The van der Waals surface area contributed by atoms with Crippen LogP contribution in [0, 0.1) is 6.92 Å². The van der Waals surface area contributed by atoms with Gasteiger partial charge in [-0.25, -0.2) is 4.79 Å². The molecule has 0 bridgehead atoms. The minimum absolute atomic E-state index is 0.0322. The van der Waals surface area contributed by atoms with E-state index in [4.69, 9.17) is 10.5 Å². The molecule has 0 unspecified atom stereocenters. The van der Waals surface area contributed by atoms with E-state index >= 15 is 0 Å². The quantitative estimate of drug-likeness (QED) is 0.616. The fourth-order valence-corrected chi connectivity index (χ4v) is 3.15. The van der Waals surface area contributed by atoms with Gasteiger partial charge in [0.1, 0.15) is 6.10 Å². The lowest BCUT2D eigenvalue weighted by molar-refractivity contribution is -0.132. The van der Waals surface area contributed by atoms with Crippen LogP contribution in [-0.4, -0.2) is 30.7 Å². The van der Waals surface area contributed by atoms with Gasteiger partial charge in [-0.3, -0.25) is 4.79 Å². The molecule has 0 aliphatic carbocycles. The largest absolute Gasteiger partial charge is 0.364 e. The van der Waals surface area contributed by atoms with Crippen molar-refractivity contribution in [2.45, 2.75) is 38.5 Å². The van der Waals surface area contributed by atoms with Gasteiger partial charge in [0.15, 0.2) is 0 Å². The van der Waals surface area contributed by atoms with Crippen LogP contribution in [-0.2, 0) is 16.1 Å². The molecule has 0 radical (unpaired) electrons. The van der Waals surface area contributed by atoms with Crippen LogP contribution in [0.1, 0.15) is 24.0 Å². The highest BCUT2D eigenvalue weighted by Gasteiger charge is 2.29. The average molecular weight is 382 g/mol. The molecule has 1 fully saturated rings. The number of anilines is 2. The minimum Gasteiger partial charge on any atom is -0.364 e. The number of carbonyl (C=O) groups is 2. The lowest BCUT2D eigenvalue weighted by Crippen LogP contribution is -2.35. The third-order valence-corrected chi connectivity index (χ3v) is 4.59. The Hall–Kier alpha value is -2.90. The first kappa shape index (κ1) is 19.9. The zero-order valence-electron chi connectivity index (χ0n) is 15.9. The van der Waals surface area contributed by atoms with E-state index in [1.165, 1.54) is 0 Å². The molecule has 3 amide bonds. The number of benzene rings is 2. The number of urea groups is 1. The first-order valence-corrected chi connectivity index (χ1v) is 9.40. The number of nitrogens with two attached hydrogens (primary N) is 1. The van der Waals surface area contributed by atoms with E-state index in [2.05, 4.69) is 16.0 Å². The third-order valence-electron chi connectivity index (χ3n) is 4.59. The average Bonchev–Trinajstić information content (AvgIpc) is 3.16. The van der Waals surface area contributed by atoms with Gasteiger partial charge >= 0.3 is 6.03 Å². The number of hydrogen-bond acceptors (Lipinski definition) is 4. The second-order valence-corrected chi connectivity index (χ2v) is 6.93. The summed E-state index contributed by atoms with van der Waals surface area (Å²) in [5.41, 5.74) is 8.91. The van der Waals surface area contributed by atoms with E-state index in [9.17, 15) is 9.59 Å². The molecular weight excluding hydrogens is 356 g/mol. The zero-order chi connectivity index (χ0) is 19.9. The van der Waals surface area contributed by atoms with Gasteiger partial charge in [-0.05, 0) is 55.2 Å². The van der Waals surface area contributed by atoms with Crippen molar-refractivity contribution in [3.63, 3.8) is 0 Å². The predicted molar refractivity (Wildman–Crippen MR) is 109 cm³/mol. The van der Waals surface area contributed by atoms with Gasteiger partial charge in [0.25, 0.3) is 0 Å². The smallest absolute Gasteiger partial charge is 0.323 e. The SMILES string of the molecule is Cc1cccc(NC(=O)Nc2cccc(CNC(=O)[C@@H]3CC[C@H](CN)O3)c2)c1. The van der Waals surface area contributed by atoms with E-state index in [0.29, 0.717) is 25.2 Å². The van der Waals surface area contributed by atoms with Gasteiger partial charge in [-0.2, -0.15) is 0 Å². The van der Waals surface area contributed by atoms with Crippen molar-refractivity contribution in [1.29, 1.82) is 0 Å². The molecule has 2 aromatic carbocycles. The monoisotopic (exact) mass is 382 g/mol. The number of aryl methyl sites for hydroxylation is 1. The van der Waals surface area contributed by atoms with Crippen LogP contribution in [0.15, 0.2) is 48.5 Å². The molecule has 148 valence electrons. The molecule has 3 rings (SSSR count). The Morgan fingerprint density at radius 2 is 1.79 bits per heavy atom. The molecule has 1 saturated heterocycles. The van der Waals surface area contributed by atoms with Crippen molar-refractivity contribution in [2.24, 2.45) is 5.73 Å². The Morgan fingerprint density at radius 1 is 1.07 bits per heavy atom. The van der Waals surface area contributed by atoms with Crippen LogP contribution < -0.4 is 21.7 Å². The second kappa shape index (κ2) is 9.34. The molecule has 2 aromatic rings. The van der Waals surface area contributed by atoms with Crippen LogP contribution in [0.5, 0.6) is 0 Å². The van der Waals surface area contributed by atoms with Crippen LogP contribution in [0.25, 0.3) is 0 Å². The highest BCUT2D eigenvalue weighted by Crippen LogP contribution is 2.19. The second-order valence-electron chi connectivity index (χ2n) is 6.93. The Morgan fingerprint density at radius 3 is 2.46 bits per heavy atom. The van der Waals surface area contributed by atoms with E-state index in [1.54, 1.807) is 6.07 Å². The van der Waals surface area contributed by atoms with Gasteiger partial charge in [-0.15, -0.1) is 0 Å². The molecule has 1 aliphatic heterocycles. The summed E-state index contributed by atoms with van der Waals surface area (Å²) in [4.78, 5) is 24.4. The Kier molecular flexibility index (Phi) is 6.62. The highest BCUT2D eigenvalue weighted by atomic mass is 16.5. The van der Waals surface area contributed by atoms with Gasteiger partial charge in [0.2, 0.25) is 5.91 Å². The minimum atomic E-state index is -0.435. The summed E-state index contributed by atoms with van der Waals surface area (Å²) in [6.07, 6.45) is 1.03. The van der Waals surface area contributed by atoms with Gasteiger partial charge < -0.3 is 26.4 Å². The predicted octanol–water partition coefficient (Wildman–Crippen LogP) is 2.76. The summed E-state index contributed by atoms with van der Waals surface area (Å²) in [6.45, 7) is 2.76. The molecule has 0 aromatic heterocycles. The molecule has 0 spiro atoms. The van der Waals surface area contributed by atoms with E-state index in [1.807, 2.05) is 49.4 Å². The number of nitrogens with one attached hydrogen (secondary N) is 3. The molecule has 5 N–H and O–H groups in total. The first-order chi connectivity index (χ1) is 13.5. The Balaban J connectivity index is 1.51. The van der Waals surface area contributed by atoms with Crippen molar-refractivity contribution in [3.8, 4) is 0 Å². The molecule has 7 nitrogen and oxygen atoms in total. The number of ether oxygens (including phenoxy) is 1. The summed E-state index contributed by atoms with van der Waals surface area (Å²) in [5.74, 6) is -0.133. The summed E-state index contributed by atoms with van der Waals surface area (Å²) in [6, 6.07) is 14.6. The molecule has 1 aliphatic rings. The molecule has 2 atom stereocenters.